The summed E-state index contributed by atoms with van der Waals surface area (Å²) in [6, 6.07) is 7.41. The van der Waals surface area contributed by atoms with E-state index in [4.69, 9.17) is 15.5 Å². The van der Waals surface area contributed by atoms with Gasteiger partial charge < -0.3 is 20.1 Å². The van der Waals surface area contributed by atoms with Gasteiger partial charge in [-0.2, -0.15) is 0 Å². The summed E-state index contributed by atoms with van der Waals surface area (Å²) in [5.74, 6) is 0.481. The van der Waals surface area contributed by atoms with Gasteiger partial charge in [0.25, 0.3) is 5.56 Å². The number of aliphatic hydroxyl groups is 1. The molecule has 0 bridgehead atoms. The lowest BCUT2D eigenvalue weighted by Crippen LogP contribution is -2.43. The molecule has 0 unspecified atom stereocenters. The van der Waals surface area contributed by atoms with Crippen molar-refractivity contribution in [3.05, 3.63) is 56.9 Å². The Kier molecular flexibility index (Phi) is 4.10. The van der Waals surface area contributed by atoms with E-state index in [2.05, 4.69) is 0 Å². The van der Waals surface area contributed by atoms with E-state index in [1.165, 1.54) is 0 Å². The highest BCUT2D eigenvalue weighted by Gasteiger charge is 2.43. The number of aromatic nitrogens is 2. The summed E-state index contributed by atoms with van der Waals surface area (Å²) in [6.07, 6.45) is 0.755. The summed E-state index contributed by atoms with van der Waals surface area (Å²) in [7, 11) is 1.61. The number of ketones is 1. The predicted octanol–water partition coefficient (Wildman–Crippen LogP) is 2.01. The van der Waals surface area contributed by atoms with Crippen molar-refractivity contribution >= 4 is 16.7 Å². The molecule has 1 aliphatic carbocycles. The second-order valence-corrected chi connectivity index (χ2v) is 7.95. The van der Waals surface area contributed by atoms with Crippen molar-refractivity contribution in [2.24, 2.45) is 5.73 Å². The minimum absolute atomic E-state index is 0.163. The van der Waals surface area contributed by atoms with Gasteiger partial charge in [0.05, 0.1) is 30.6 Å². The Morgan fingerprint density at radius 3 is 2.73 bits per heavy atom. The lowest BCUT2D eigenvalue weighted by molar-refractivity contribution is -0.140. The Bertz CT molecular complexity index is 1290. The zero-order chi connectivity index (χ0) is 21.2. The van der Waals surface area contributed by atoms with Crippen LogP contribution in [0.3, 0.4) is 0 Å². The summed E-state index contributed by atoms with van der Waals surface area (Å²) in [6.45, 7) is 2.44. The van der Waals surface area contributed by atoms with E-state index >= 15 is 0 Å². The van der Waals surface area contributed by atoms with Crippen LogP contribution in [0.1, 0.15) is 42.0 Å². The van der Waals surface area contributed by atoms with E-state index in [0.717, 1.165) is 22.0 Å². The summed E-state index contributed by atoms with van der Waals surface area (Å²) in [5.41, 5.74) is 9.19. The number of carbonyl (C=O) groups excluding carboxylic acids is 1. The van der Waals surface area contributed by atoms with Crippen LogP contribution in [-0.4, -0.2) is 27.6 Å². The van der Waals surface area contributed by atoms with Gasteiger partial charge in [-0.05, 0) is 42.7 Å². The van der Waals surface area contributed by atoms with Crippen molar-refractivity contribution in [1.29, 1.82) is 0 Å². The molecule has 3 heterocycles. The van der Waals surface area contributed by atoms with E-state index in [1.807, 2.05) is 18.2 Å². The second kappa shape index (κ2) is 6.48. The molecule has 5 rings (SSSR count). The fraction of sp³-hybridized carbons (Fsp3) is 0.348. The number of methoxy groups -OCH3 is 1. The third kappa shape index (κ3) is 2.36. The normalized spacial score (nSPS) is 19.5. The number of nitrogens with zero attached hydrogens (tertiary/aromatic N) is 2. The Labute approximate surface area is 173 Å². The molecule has 7 heteroatoms. The quantitative estimate of drug-likeness (QED) is 0.540. The van der Waals surface area contributed by atoms with Crippen LogP contribution >= 0.6 is 0 Å². The maximum Gasteiger partial charge on any atom is 0.254 e. The minimum atomic E-state index is -1.62. The average molecular weight is 405 g/mol. The number of benzene rings is 1. The zero-order valence-electron chi connectivity index (χ0n) is 17.0. The molecule has 1 aliphatic heterocycles. The molecule has 0 saturated carbocycles. The second-order valence-electron chi connectivity index (χ2n) is 7.95. The van der Waals surface area contributed by atoms with Crippen LogP contribution in [0, 0.1) is 0 Å². The van der Waals surface area contributed by atoms with Crippen LogP contribution in [-0.2, 0) is 29.9 Å². The molecule has 1 atom stereocenters. The number of carbonyl (C=O) groups is 1. The number of nitrogens with two attached hydrogens (primary N) is 1. The molecule has 0 saturated heterocycles. The zero-order valence-corrected chi connectivity index (χ0v) is 17.0. The van der Waals surface area contributed by atoms with E-state index < -0.39 is 5.60 Å². The largest absolute Gasteiger partial charge is 0.497 e. The number of fused-ring (bicyclic) bond motifs is 5. The number of Topliss-reactive ketones (excluding diaryl/α,β-unsaturated/α-hetero) is 1. The number of hydrogen-bond acceptors (Lipinski definition) is 6. The monoisotopic (exact) mass is 405 g/mol. The third-order valence-electron chi connectivity index (χ3n) is 6.60. The fourth-order valence-corrected chi connectivity index (χ4v) is 4.88. The van der Waals surface area contributed by atoms with Gasteiger partial charge in [-0.1, -0.05) is 6.92 Å². The molecule has 0 fully saturated rings. The summed E-state index contributed by atoms with van der Waals surface area (Å²) < 4.78 is 7.04. The number of pyridine rings is 2. The molecule has 7 nitrogen and oxygen atoms in total. The van der Waals surface area contributed by atoms with Crippen LogP contribution in [0.4, 0.5) is 0 Å². The lowest BCUT2D eigenvalue weighted by Gasteiger charge is -2.32. The van der Waals surface area contributed by atoms with Gasteiger partial charge in [0.2, 0.25) is 0 Å². The highest BCUT2D eigenvalue weighted by Crippen LogP contribution is 2.40. The van der Waals surface area contributed by atoms with Crippen molar-refractivity contribution in [3.8, 4) is 17.1 Å². The summed E-state index contributed by atoms with van der Waals surface area (Å²) >= 11 is 0. The lowest BCUT2D eigenvalue weighted by atomic mass is 9.77. The number of rotatable bonds is 3. The Morgan fingerprint density at radius 1 is 1.23 bits per heavy atom. The van der Waals surface area contributed by atoms with E-state index in [0.29, 0.717) is 47.8 Å². The number of ether oxygens (including phenoxy) is 1. The Morgan fingerprint density at radius 2 is 2.03 bits per heavy atom. The molecule has 0 radical (unpaired) electrons. The molecular weight excluding hydrogens is 382 g/mol. The standard InChI is InChI=1S/C23H23N3O4/c1-3-23(29)17-9-19-21-16(11-26(19)22(28)13(17)5-7-20(23)27)15(10-24)14-8-12(30-2)4-6-18(14)25-21/h4,6,8-9,29H,3,5,7,10-11,24H2,1-2H3/t23-/m0/s1. The summed E-state index contributed by atoms with van der Waals surface area (Å²) in [4.78, 5) is 30.7. The van der Waals surface area contributed by atoms with Gasteiger partial charge in [-0.25, -0.2) is 4.98 Å². The first kappa shape index (κ1) is 19.0. The average Bonchev–Trinajstić information content (AvgIpc) is 3.13. The van der Waals surface area contributed by atoms with Crippen molar-refractivity contribution in [3.63, 3.8) is 0 Å². The van der Waals surface area contributed by atoms with Gasteiger partial charge >= 0.3 is 0 Å². The minimum Gasteiger partial charge on any atom is -0.497 e. The molecule has 30 heavy (non-hydrogen) atoms. The molecule has 0 spiro atoms. The first-order valence-electron chi connectivity index (χ1n) is 10.2. The van der Waals surface area contributed by atoms with E-state index in [-0.39, 0.29) is 24.2 Å². The van der Waals surface area contributed by atoms with Crippen LogP contribution in [0.25, 0.3) is 22.3 Å². The topological polar surface area (TPSA) is 107 Å². The highest BCUT2D eigenvalue weighted by atomic mass is 16.5. The molecule has 2 aromatic heterocycles. The Hall–Kier alpha value is -3.03. The van der Waals surface area contributed by atoms with Gasteiger partial charge in [0, 0.05) is 35.0 Å². The van der Waals surface area contributed by atoms with Crippen molar-refractivity contribution in [2.75, 3.05) is 7.11 Å². The maximum atomic E-state index is 13.3. The molecule has 3 N–H and O–H groups in total. The first-order chi connectivity index (χ1) is 14.4. The molecule has 2 aliphatic rings. The molecular formula is C23H23N3O4. The smallest absolute Gasteiger partial charge is 0.254 e. The Balaban J connectivity index is 1.81. The van der Waals surface area contributed by atoms with Crippen LogP contribution in [0.5, 0.6) is 5.75 Å². The third-order valence-corrected chi connectivity index (χ3v) is 6.60. The van der Waals surface area contributed by atoms with Crippen molar-refractivity contribution < 1.29 is 14.6 Å². The molecule has 3 aromatic rings. The predicted molar refractivity (Wildman–Crippen MR) is 113 cm³/mol. The number of hydrogen-bond donors (Lipinski definition) is 2. The fourth-order valence-electron chi connectivity index (χ4n) is 4.88. The van der Waals surface area contributed by atoms with E-state index in [1.54, 1.807) is 24.7 Å². The van der Waals surface area contributed by atoms with Gasteiger partial charge in [0.15, 0.2) is 5.78 Å². The maximum absolute atomic E-state index is 13.3. The van der Waals surface area contributed by atoms with Crippen molar-refractivity contribution in [2.45, 2.75) is 44.9 Å². The summed E-state index contributed by atoms with van der Waals surface area (Å²) in [5, 5.41) is 12.0. The van der Waals surface area contributed by atoms with Gasteiger partial charge in [0.1, 0.15) is 11.4 Å². The molecule has 1 aromatic carbocycles. The molecule has 0 amide bonds. The SMILES string of the molecule is CC[C@@]1(O)C(=O)CCc2c1cc1n(c2=O)Cc2c-1nc1ccc(OC)cc1c2CN. The first-order valence-corrected chi connectivity index (χ1v) is 10.2. The van der Waals surface area contributed by atoms with Crippen LogP contribution in [0.2, 0.25) is 0 Å². The van der Waals surface area contributed by atoms with Crippen molar-refractivity contribution in [1.82, 2.24) is 9.55 Å². The van der Waals surface area contributed by atoms with E-state index in [9.17, 15) is 14.7 Å². The van der Waals surface area contributed by atoms with Crippen LogP contribution < -0.4 is 16.0 Å². The van der Waals surface area contributed by atoms with Crippen LogP contribution in [0.15, 0.2) is 29.1 Å². The van der Waals surface area contributed by atoms with Gasteiger partial charge in [-0.3, -0.25) is 9.59 Å². The molecule has 154 valence electrons. The van der Waals surface area contributed by atoms with Gasteiger partial charge in [-0.15, -0.1) is 0 Å². The highest BCUT2D eigenvalue weighted by molar-refractivity contribution is 5.92.